The number of amides is 1. The summed E-state index contributed by atoms with van der Waals surface area (Å²) >= 11 is 6.21. The Balaban J connectivity index is 1.97. The van der Waals surface area contributed by atoms with Gasteiger partial charge >= 0.3 is 0 Å². The van der Waals surface area contributed by atoms with E-state index in [0.29, 0.717) is 16.0 Å². The minimum Gasteiger partial charge on any atom is -0.451 e. The Hall–Kier alpha value is -2.59. The van der Waals surface area contributed by atoms with Gasteiger partial charge in [0.2, 0.25) is 0 Å². The molecule has 1 heterocycles. The molecule has 0 spiro atoms. The zero-order valence-electron chi connectivity index (χ0n) is 13.3. The lowest BCUT2D eigenvalue weighted by molar-refractivity contribution is 0.0711. The van der Waals surface area contributed by atoms with Crippen molar-refractivity contribution in [1.29, 1.82) is 0 Å². The van der Waals surface area contributed by atoms with E-state index in [2.05, 4.69) is 0 Å². The van der Waals surface area contributed by atoms with E-state index in [1.54, 1.807) is 37.4 Å². The van der Waals surface area contributed by atoms with E-state index in [4.69, 9.17) is 16.0 Å². The molecule has 1 unspecified atom stereocenters. The number of fused-ring (bicyclic) bond motifs is 1. The van der Waals surface area contributed by atoms with Crippen molar-refractivity contribution in [3.8, 4) is 0 Å². The molecule has 0 bridgehead atoms. The molecule has 0 fully saturated rings. The van der Waals surface area contributed by atoms with Crippen molar-refractivity contribution in [1.82, 2.24) is 4.90 Å². The second-order valence-corrected chi connectivity index (χ2v) is 5.99. The number of para-hydroxylation sites is 1. The summed E-state index contributed by atoms with van der Waals surface area (Å²) in [5, 5.41) is 1.04. The zero-order valence-corrected chi connectivity index (χ0v) is 14.1. The molecule has 3 rings (SSSR count). The van der Waals surface area contributed by atoms with Crippen LogP contribution in [0.25, 0.3) is 11.0 Å². The largest absolute Gasteiger partial charge is 0.451 e. The molecule has 0 radical (unpaired) electrons. The van der Waals surface area contributed by atoms with Gasteiger partial charge in [0.1, 0.15) is 5.58 Å². The smallest absolute Gasteiger partial charge is 0.289 e. The highest BCUT2D eigenvalue weighted by Gasteiger charge is 2.23. The molecule has 3 aromatic rings. The molecule has 1 aromatic heterocycles. The van der Waals surface area contributed by atoms with Crippen molar-refractivity contribution in [2.45, 2.75) is 13.0 Å². The summed E-state index contributed by atoms with van der Waals surface area (Å²) in [4.78, 5) is 26.4. The van der Waals surface area contributed by atoms with Crippen LogP contribution < -0.4 is 5.43 Å². The number of hydrogen-bond acceptors (Lipinski definition) is 3. The van der Waals surface area contributed by atoms with E-state index in [-0.39, 0.29) is 23.1 Å². The number of carbonyl (C=O) groups excluding carboxylic acids is 1. The Bertz CT molecular complexity index is 964. The van der Waals surface area contributed by atoms with Crippen molar-refractivity contribution < 1.29 is 9.21 Å². The van der Waals surface area contributed by atoms with Crippen LogP contribution in [0.5, 0.6) is 0 Å². The van der Waals surface area contributed by atoms with E-state index in [0.717, 1.165) is 5.56 Å². The third-order valence-electron chi connectivity index (χ3n) is 4.10. The van der Waals surface area contributed by atoms with Gasteiger partial charge in [-0.15, -0.1) is 0 Å². The molecule has 0 saturated heterocycles. The molecule has 0 saturated carbocycles. The molecule has 122 valence electrons. The molecule has 5 heteroatoms. The standard InChI is InChI=1S/C19H16ClNO3/c1-12(13-7-3-5-9-15(13)20)21(2)19(23)18-11-16(22)14-8-4-6-10-17(14)24-18/h3-12H,1-2H3. The Labute approximate surface area is 144 Å². The van der Waals surface area contributed by atoms with Gasteiger partial charge in [0.25, 0.3) is 5.91 Å². The van der Waals surface area contributed by atoms with E-state index >= 15 is 0 Å². The maximum absolute atomic E-state index is 12.7. The number of rotatable bonds is 3. The number of hydrogen-bond donors (Lipinski definition) is 0. The monoisotopic (exact) mass is 341 g/mol. The fraction of sp³-hybridized carbons (Fsp3) is 0.158. The number of carbonyl (C=O) groups is 1. The predicted octanol–water partition coefficient (Wildman–Crippen LogP) is 4.28. The summed E-state index contributed by atoms with van der Waals surface area (Å²) in [7, 11) is 1.66. The van der Waals surface area contributed by atoms with Crippen LogP contribution in [-0.2, 0) is 0 Å². The molecular formula is C19H16ClNO3. The predicted molar refractivity (Wildman–Crippen MR) is 94.4 cm³/mol. The van der Waals surface area contributed by atoms with Crippen molar-refractivity contribution in [3.05, 3.63) is 81.2 Å². The first kappa shape index (κ1) is 16.3. The fourth-order valence-electron chi connectivity index (χ4n) is 2.58. The van der Waals surface area contributed by atoms with E-state index in [1.165, 1.54) is 11.0 Å². The topological polar surface area (TPSA) is 50.5 Å². The number of benzene rings is 2. The third-order valence-corrected chi connectivity index (χ3v) is 4.45. The second kappa shape index (κ2) is 6.49. The van der Waals surface area contributed by atoms with Gasteiger partial charge in [-0.3, -0.25) is 9.59 Å². The van der Waals surface area contributed by atoms with Gasteiger partial charge in [-0.25, -0.2) is 0 Å². The van der Waals surface area contributed by atoms with Gasteiger partial charge in [-0.05, 0) is 30.7 Å². The lowest BCUT2D eigenvalue weighted by Crippen LogP contribution is -2.30. The van der Waals surface area contributed by atoms with Crippen LogP contribution in [0.1, 0.15) is 29.1 Å². The molecule has 0 N–H and O–H groups in total. The zero-order chi connectivity index (χ0) is 17.3. The lowest BCUT2D eigenvalue weighted by Gasteiger charge is -2.25. The molecule has 0 aliphatic rings. The maximum Gasteiger partial charge on any atom is 0.289 e. The van der Waals surface area contributed by atoms with Gasteiger partial charge < -0.3 is 9.32 Å². The van der Waals surface area contributed by atoms with Crippen LogP contribution >= 0.6 is 11.6 Å². The maximum atomic E-state index is 12.7. The highest BCUT2D eigenvalue weighted by atomic mass is 35.5. The van der Waals surface area contributed by atoms with Crippen LogP contribution in [0, 0.1) is 0 Å². The normalized spacial score (nSPS) is 12.1. The van der Waals surface area contributed by atoms with E-state index in [9.17, 15) is 9.59 Å². The Morgan fingerprint density at radius 2 is 1.79 bits per heavy atom. The minimum atomic E-state index is -0.370. The van der Waals surface area contributed by atoms with Gasteiger partial charge in [0.15, 0.2) is 11.2 Å². The van der Waals surface area contributed by atoms with Gasteiger partial charge in [0.05, 0.1) is 11.4 Å². The molecule has 1 atom stereocenters. The van der Waals surface area contributed by atoms with Gasteiger partial charge in [0, 0.05) is 18.1 Å². The summed E-state index contributed by atoms with van der Waals surface area (Å²) < 4.78 is 5.62. The lowest BCUT2D eigenvalue weighted by atomic mass is 10.1. The van der Waals surface area contributed by atoms with Crippen LogP contribution in [0.3, 0.4) is 0 Å². The Morgan fingerprint density at radius 1 is 1.12 bits per heavy atom. The first-order valence-corrected chi connectivity index (χ1v) is 7.91. The fourth-order valence-corrected chi connectivity index (χ4v) is 2.88. The minimum absolute atomic E-state index is 0.0140. The van der Waals surface area contributed by atoms with Crippen molar-refractivity contribution in [2.75, 3.05) is 7.05 Å². The van der Waals surface area contributed by atoms with Crippen LogP contribution in [-0.4, -0.2) is 17.9 Å². The second-order valence-electron chi connectivity index (χ2n) is 5.58. The molecule has 0 aliphatic carbocycles. The molecule has 24 heavy (non-hydrogen) atoms. The van der Waals surface area contributed by atoms with Crippen LogP contribution in [0.4, 0.5) is 0 Å². The highest BCUT2D eigenvalue weighted by Crippen LogP contribution is 2.27. The average Bonchev–Trinajstić information content (AvgIpc) is 2.60. The quantitative estimate of drug-likeness (QED) is 0.714. The first-order chi connectivity index (χ1) is 11.5. The molecule has 2 aromatic carbocycles. The highest BCUT2D eigenvalue weighted by molar-refractivity contribution is 6.31. The summed E-state index contributed by atoms with van der Waals surface area (Å²) in [5.74, 6) is -0.356. The summed E-state index contributed by atoms with van der Waals surface area (Å²) in [5.41, 5.74) is 0.990. The van der Waals surface area contributed by atoms with Crippen molar-refractivity contribution >= 4 is 28.5 Å². The first-order valence-electron chi connectivity index (χ1n) is 7.53. The summed E-state index contributed by atoms with van der Waals surface area (Å²) in [6.45, 7) is 1.87. The van der Waals surface area contributed by atoms with E-state index in [1.807, 2.05) is 25.1 Å². The average molecular weight is 342 g/mol. The van der Waals surface area contributed by atoms with Gasteiger partial charge in [-0.1, -0.05) is 41.9 Å². The van der Waals surface area contributed by atoms with Crippen LogP contribution in [0.15, 0.2) is 63.8 Å². The Morgan fingerprint density at radius 3 is 2.54 bits per heavy atom. The van der Waals surface area contributed by atoms with Crippen molar-refractivity contribution in [2.24, 2.45) is 0 Å². The summed E-state index contributed by atoms with van der Waals surface area (Å²) in [6.07, 6.45) is 0. The molecule has 4 nitrogen and oxygen atoms in total. The van der Waals surface area contributed by atoms with Crippen LogP contribution in [0.2, 0.25) is 5.02 Å². The summed E-state index contributed by atoms with van der Waals surface area (Å²) in [6, 6.07) is 15.2. The Kier molecular flexibility index (Phi) is 4.40. The number of halogens is 1. The number of nitrogens with zero attached hydrogens (tertiary/aromatic N) is 1. The third kappa shape index (κ3) is 2.93. The van der Waals surface area contributed by atoms with E-state index < -0.39 is 0 Å². The molecule has 0 aliphatic heterocycles. The molecular weight excluding hydrogens is 326 g/mol. The SMILES string of the molecule is CC(c1ccccc1Cl)N(C)C(=O)c1cc(=O)c2ccccc2o1. The van der Waals surface area contributed by atoms with Gasteiger partial charge in [-0.2, -0.15) is 0 Å². The van der Waals surface area contributed by atoms with Crippen molar-refractivity contribution in [3.63, 3.8) is 0 Å². The molecule has 1 amide bonds.